The fourth-order valence-corrected chi connectivity index (χ4v) is 0.749. The normalized spacial score (nSPS) is 26.8. The predicted molar refractivity (Wildman–Crippen MR) is 34.1 cm³/mol. The quantitative estimate of drug-likeness (QED) is 0.484. The van der Waals surface area contributed by atoms with Crippen LogP contribution in [0.2, 0.25) is 0 Å². The maximum Gasteiger partial charge on any atom is 0.0702 e. The summed E-state index contributed by atoms with van der Waals surface area (Å²) in [5.74, 6) is 2.84. The Kier molecular flexibility index (Phi) is 1.36. The van der Waals surface area contributed by atoms with Gasteiger partial charge in [0, 0.05) is 11.9 Å². The molecule has 1 atom stereocenters. The number of allylic oxidation sites excluding steroid dienone is 1. The standard InChI is InChI=1S/C6H10N2/c1-5-3-7-4-6(2)8-5/h5,8H,3H2,1-2H3/t5-/m1/s1. The lowest BCUT2D eigenvalue weighted by atomic mass is 10.3. The summed E-state index contributed by atoms with van der Waals surface area (Å²) in [7, 11) is 0. The van der Waals surface area contributed by atoms with Gasteiger partial charge < -0.3 is 5.32 Å². The molecule has 2 nitrogen and oxygen atoms in total. The fraction of sp³-hybridized carbons (Fsp3) is 0.667. The Hall–Kier alpha value is -0.750. The summed E-state index contributed by atoms with van der Waals surface area (Å²) in [5, 5.41) is 3.19. The number of hydrogen-bond acceptors (Lipinski definition) is 2. The molecule has 0 fully saturated rings. The Morgan fingerprint density at radius 1 is 1.88 bits per heavy atom. The summed E-state index contributed by atoms with van der Waals surface area (Å²) < 4.78 is 0. The van der Waals surface area contributed by atoms with Gasteiger partial charge in [-0.2, -0.15) is 0 Å². The Morgan fingerprint density at radius 3 is 3.00 bits per heavy atom. The lowest BCUT2D eigenvalue weighted by Crippen LogP contribution is -2.29. The van der Waals surface area contributed by atoms with Gasteiger partial charge in [0.15, 0.2) is 0 Å². The van der Waals surface area contributed by atoms with Gasteiger partial charge in [0.2, 0.25) is 0 Å². The van der Waals surface area contributed by atoms with Gasteiger partial charge in [-0.3, -0.25) is 0 Å². The molecule has 2 heteroatoms. The van der Waals surface area contributed by atoms with Crippen molar-refractivity contribution in [3.05, 3.63) is 5.70 Å². The van der Waals surface area contributed by atoms with Crippen LogP contribution in [0.25, 0.3) is 0 Å². The molecule has 0 bridgehead atoms. The van der Waals surface area contributed by atoms with Crippen LogP contribution < -0.4 is 5.32 Å². The van der Waals surface area contributed by atoms with E-state index in [1.807, 2.05) is 6.92 Å². The van der Waals surface area contributed by atoms with E-state index >= 15 is 0 Å². The van der Waals surface area contributed by atoms with E-state index in [4.69, 9.17) is 0 Å². The van der Waals surface area contributed by atoms with Crippen LogP contribution in [0.1, 0.15) is 13.8 Å². The highest BCUT2D eigenvalue weighted by atomic mass is 15.0. The van der Waals surface area contributed by atoms with Crippen LogP contribution in [0.4, 0.5) is 0 Å². The number of rotatable bonds is 0. The van der Waals surface area contributed by atoms with E-state index in [1.54, 1.807) is 0 Å². The predicted octanol–water partition coefficient (Wildman–Crippen LogP) is 0.552. The SMILES string of the molecule is CC1=C=NC[C@@H](C)N1. The second kappa shape index (κ2) is 2.01. The third-order valence-electron chi connectivity index (χ3n) is 1.07. The van der Waals surface area contributed by atoms with Gasteiger partial charge >= 0.3 is 0 Å². The first kappa shape index (κ1) is 5.39. The summed E-state index contributed by atoms with van der Waals surface area (Å²) in [5.41, 5.74) is 1.05. The third kappa shape index (κ3) is 1.11. The second-order valence-corrected chi connectivity index (χ2v) is 2.12. The van der Waals surface area contributed by atoms with Crippen molar-refractivity contribution in [1.29, 1.82) is 0 Å². The molecule has 1 aliphatic heterocycles. The molecule has 1 heterocycles. The first-order valence-corrected chi connectivity index (χ1v) is 2.81. The van der Waals surface area contributed by atoms with Gasteiger partial charge in [-0.05, 0) is 13.8 Å². The first-order valence-electron chi connectivity index (χ1n) is 2.81. The molecule has 44 valence electrons. The molecule has 0 saturated heterocycles. The molecule has 0 radical (unpaired) electrons. The summed E-state index contributed by atoms with van der Waals surface area (Å²) in [6, 6.07) is 0.497. The number of aliphatic imine (C=N–C) groups is 1. The summed E-state index contributed by atoms with van der Waals surface area (Å²) in [6.45, 7) is 4.93. The van der Waals surface area contributed by atoms with Crippen molar-refractivity contribution >= 4 is 5.87 Å². The molecule has 0 unspecified atom stereocenters. The number of hydrogen-bond donors (Lipinski definition) is 1. The van der Waals surface area contributed by atoms with E-state index in [9.17, 15) is 0 Å². The molecule has 0 amide bonds. The third-order valence-corrected chi connectivity index (χ3v) is 1.07. The van der Waals surface area contributed by atoms with Gasteiger partial charge in [0.05, 0.1) is 12.2 Å². The number of nitrogens with zero attached hydrogens (tertiary/aromatic N) is 1. The van der Waals surface area contributed by atoms with Crippen molar-refractivity contribution in [2.45, 2.75) is 19.9 Å². The van der Waals surface area contributed by atoms with Crippen LogP contribution >= 0.6 is 0 Å². The van der Waals surface area contributed by atoms with E-state index in [0.717, 1.165) is 12.2 Å². The zero-order valence-corrected chi connectivity index (χ0v) is 5.23. The lowest BCUT2D eigenvalue weighted by Gasteiger charge is -2.13. The van der Waals surface area contributed by atoms with Crippen molar-refractivity contribution in [3.63, 3.8) is 0 Å². The molecule has 8 heavy (non-hydrogen) atoms. The molecular formula is C6H10N2. The fourth-order valence-electron chi connectivity index (χ4n) is 0.749. The highest BCUT2D eigenvalue weighted by molar-refractivity contribution is 5.57. The molecule has 1 aliphatic rings. The Balaban J connectivity index is 2.63. The summed E-state index contributed by atoms with van der Waals surface area (Å²) in [6.07, 6.45) is 0. The molecule has 0 aromatic rings. The van der Waals surface area contributed by atoms with Crippen LogP contribution in [-0.4, -0.2) is 18.5 Å². The van der Waals surface area contributed by atoms with Crippen LogP contribution in [0, 0.1) is 0 Å². The average Bonchev–Trinajstić information content (AvgIpc) is 1.64. The smallest absolute Gasteiger partial charge is 0.0702 e. The molecule has 0 aromatic heterocycles. The average molecular weight is 110 g/mol. The van der Waals surface area contributed by atoms with Crippen molar-refractivity contribution in [3.8, 4) is 0 Å². The van der Waals surface area contributed by atoms with Gasteiger partial charge in [0.25, 0.3) is 0 Å². The lowest BCUT2D eigenvalue weighted by molar-refractivity contribution is 0.618. The van der Waals surface area contributed by atoms with E-state index in [1.165, 1.54) is 0 Å². The van der Waals surface area contributed by atoms with Crippen LogP contribution in [0.3, 0.4) is 0 Å². The van der Waals surface area contributed by atoms with Crippen molar-refractivity contribution < 1.29 is 0 Å². The Morgan fingerprint density at radius 2 is 2.62 bits per heavy atom. The van der Waals surface area contributed by atoms with Gasteiger partial charge in [-0.15, -0.1) is 0 Å². The van der Waals surface area contributed by atoms with Crippen molar-refractivity contribution in [1.82, 2.24) is 5.32 Å². The highest BCUT2D eigenvalue weighted by Crippen LogP contribution is 1.91. The summed E-state index contributed by atoms with van der Waals surface area (Å²) >= 11 is 0. The van der Waals surface area contributed by atoms with E-state index < -0.39 is 0 Å². The molecule has 0 spiro atoms. The Bertz CT molecular complexity index is 143. The van der Waals surface area contributed by atoms with Crippen LogP contribution in [-0.2, 0) is 0 Å². The monoisotopic (exact) mass is 110 g/mol. The Labute approximate surface area is 49.3 Å². The zero-order chi connectivity index (χ0) is 5.98. The maximum absolute atomic E-state index is 3.99. The van der Waals surface area contributed by atoms with Gasteiger partial charge in [0.1, 0.15) is 0 Å². The first-order chi connectivity index (χ1) is 3.79. The van der Waals surface area contributed by atoms with Crippen LogP contribution in [0.5, 0.6) is 0 Å². The minimum absolute atomic E-state index is 0.497. The molecule has 0 aromatic carbocycles. The van der Waals surface area contributed by atoms with Crippen molar-refractivity contribution in [2.75, 3.05) is 6.54 Å². The van der Waals surface area contributed by atoms with E-state index in [0.29, 0.717) is 6.04 Å². The van der Waals surface area contributed by atoms with E-state index in [-0.39, 0.29) is 0 Å². The van der Waals surface area contributed by atoms with E-state index in [2.05, 4.69) is 23.1 Å². The van der Waals surface area contributed by atoms with Gasteiger partial charge in [-0.1, -0.05) is 0 Å². The molecule has 1 rings (SSSR count). The second-order valence-electron chi connectivity index (χ2n) is 2.12. The molecule has 1 N–H and O–H groups in total. The van der Waals surface area contributed by atoms with Crippen LogP contribution in [0.15, 0.2) is 10.7 Å². The van der Waals surface area contributed by atoms with Gasteiger partial charge in [-0.25, -0.2) is 4.99 Å². The largest absolute Gasteiger partial charge is 0.377 e. The molecular weight excluding hydrogens is 100 g/mol. The highest BCUT2D eigenvalue weighted by Gasteiger charge is 2.01. The minimum atomic E-state index is 0.497. The molecule has 0 saturated carbocycles. The molecule has 0 aliphatic carbocycles. The topological polar surface area (TPSA) is 24.4 Å². The maximum atomic E-state index is 3.99. The minimum Gasteiger partial charge on any atom is -0.377 e. The summed E-state index contributed by atoms with van der Waals surface area (Å²) in [4.78, 5) is 3.99. The zero-order valence-electron chi connectivity index (χ0n) is 5.23. The number of nitrogens with one attached hydrogen (secondary N) is 1. The van der Waals surface area contributed by atoms with Crippen molar-refractivity contribution in [2.24, 2.45) is 4.99 Å².